The molecule has 0 saturated carbocycles. The number of alkyl halides is 6. The molecule has 1 aliphatic rings. The fourth-order valence-electron chi connectivity index (χ4n) is 7.84. The van der Waals surface area contributed by atoms with Crippen LogP contribution in [0.4, 0.5) is 55.3 Å². The van der Waals surface area contributed by atoms with Crippen molar-refractivity contribution in [3.05, 3.63) is 135 Å². The van der Waals surface area contributed by atoms with Crippen LogP contribution >= 0.6 is 15.9 Å². The van der Waals surface area contributed by atoms with Gasteiger partial charge in [-0.05, 0) is 99.8 Å². The Morgan fingerprint density at radius 2 is 1.17 bits per heavy atom. The van der Waals surface area contributed by atoms with Crippen molar-refractivity contribution in [2.45, 2.75) is 91.1 Å². The van der Waals surface area contributed by atoms with Crippen LogP contribution in [0.5, 0.6) is 0 Å². The highest BCUT2D eigenvalue weighted by Crippen LogP contribution is 2.38. The van der Waals surface area contributed by atoms with Crippen LogP contribution in [0, 0.1) is 23.3 Å². The summed E-state index contributed by atoms with van der Waals surface area (Å²) in [5.41, 5.74) is -3.66. The number of hydrogen-bond acceptors (Lipinski definition) is 17. The van der Waals surface area contributed by atoms with Crippen molar-refractivity contribution in [3.63, 3.8) is 0 Å². The highest BCUT2D eigenvalue weighted by atomic mass is 79.9. The number of ether oxygens (including phenoxy) is 1. The lowest BCUT2D eigenvalue weighted by molar-refractivity contribution is -0.145. The van der Waals surface area contributed by atoms with E-state index in [9.17, 15) is 61.5 Å². The minimum absolute atomic E-state index is 0.0290. The molecule has 0 bridgehead atoms. The van der Waals surface area contributed by atoms with Crippen molar-refractivity contribution in [1.29, 1.82) is 0 Å². The molecule has 35 heteroatoms. The van der Waals surface area contributed by atoms with E-state index in [4.69, 9.17) is 14.0 Å². The van der Waals surface area contributed by atoms with Crippen LogP contribution in [0.1, 0.15) is 111 Å². The Labute approximate surface area is 491 Å². The molecule has 1 saturated heterocycles. The third-order valence-corrected chi connectivity index (χ3v) is 16.2. The van der Waals surface area contributed by atoms with Crippen molar-refractivity contribution in [1.82, 2.24) is 49.9 Å². The molecule has 458 valence electrons. The Balaban J connectivity index is 0.000000209. The molecule has 1 fully saturated rings. The Morgan fingerprint density at radius 3 is 1.65 bits per heavy atom. The van der Waals surface area contributed by atoms with Gasteiger partial charge in [0.25, 0.3) is 0 Å². The third kappa shape index (κ3) is 14.6. The summed E-state index contributed by atoms with van der Waals surface area (Å²) in [6.07, 6.45) is -2.64. The standard InChI is InChI=1S/C25H31BF2N4O6S.C21H15F5N6O3S.C5H2BrF3N2/c1-8-11-39(34,35)31-21-18(27)10-9-16(19(21)28)22(33)20-17-12-15(26-37-24(3,4)25(5,6)38-26)13-29-23(17)32(30-20)14(2)36-7;1-2-5-36(34,35)32-17-14(22)4-3-12(15(17)23)18(33)16-13-6-10(7-27-19(13)31-30-16)11-8-28-20(29-9-11)21(24,25)26;6-3-1-10-4(11-2-3)5(7,8)9/h9-10,12-14,31H,8,11H2,1-7H3;3-4,6-9,32H,2,5H2,1H3,(H,27,30,31);1-2H. The average Bonchev–Trinajstić information content (AvgIpc) is 1.77. The van der Waals surface area contributed by atoms with Crippen LogP contribution < -0.4 is 14.9 Å². The fraction of sp³-hybridized carbons (Fsp3) is 0.333. The highest BCUT2D eigenvalue weighted by Gasteiger charge is 2.52. The van der Waals surface area contributed by atoms with Gasteiger partial charge in [0.2, 0.25) is 43.3 Å². The SMILES string of the molecule is CCCS(=O)(=O)Nc1c(F)ccc(C(=O)c2[nH]nc3ncc(-c4cnc(C(F)(F)F)nc4)cc23)c1F.CCCS(=O)(=O)Nc1c(F)ccc(C(=O)c2nn(C(C)OC)c3ncc(B4OC(C)(C)C(C)(C)O4)cc23)c1F.FC(F)(F)c1ncc(Br)cn1. The Hall–Kier alpha value is -7.60. The predicted molar refractivity (Wildman–Crippen MR) is 295 cm³/mol. The van der Waals surface area contributed by atoms with Crippen LogP contribution in [0.15, 0.2) is 78.1 Å². The van der Waals surface area contributed by atoms with E-state index >= 15 is 8.78 Å². The number of aromatic amines is 1. The number of halogens is 11. The maximum atomic E-state index is 15.5. The third-order valence-electron chi connectivity index (χ3n) is 12.9. The number of rotatable bonds is 16. The maximum absolute atomic E-state index is 15.5. The van der Waals surface area contributed by atoms with E-state index in [1.165, 1.54) is 24.1 Å². The number of carbonyl (C=O) groups is 2. The van der Waals surface area contributed by atoms with Crippen LogP contribution in [0.3, 0.4) is 0 Å². The molecule has 0 radical (unpaired) electrons. The fourth-order valence-corrected chi connectivity index (χ4v) is 10.3. The number of H-pyrrole nitrogens is 1. The van der Waals surface area contributed by atoms with Crippen LogP contribution in [0.2, 0.25) is 0 Å². The Morgan fingerprint density at radius 1 is 0.698 bits per heavy atom. The molecule has 21 nitrogen and oxygen atoms in total. The van der Waals surface area contributed by atoms with Gasteiger partial charge in [0.1, 0.15) is 40.6 Å². The van der Waals surface area contributed by atoms with Gasteiger partial charge >= 0.3 is 19.5 Å². The largest absolute Gasteiger partial charge is 0.496 e. The number of nitrogens with one attached hydrogen (secondary N) is 3. The van der Waals surface area contributed by atoms with E-state index in [1.807, 2.05) is 37.1 Å². The minimum atomic E-state index is -4.73. The molecule has 0 spiro atoms. The normalized spacial score (nSPS) is 14.5. The summed E-state index contributed by atoms with van der Waals surface area (Å²) in [5.74, 6) is -10.2. The number of sulfonamides is 2. The molecule has 9 rings (SSSR count). The molecule has 1 aliphatic heterocycles. The summed E-state index contributed by atoms with van der Waals surface area (Å²) >= 11 is 2.92. The van der Waals surface area contributed by atoms with E-state index in [1.54, 1.807) is 33.0 Å². The van der Waals surface area contributed by atoms with E-state index in [2.05, 4.69) is 61.1 Å². The summed E-state index contributed by atoms with van der Waals surface area (Å²) in [5, 5.41) is 11.0. The zero-order valence-corrected chi connectivity index (χ0v) is 49.3. The lowest BCUT2D eigenvalue weighted by atomic mass is 9.80. The first-order valence-electron chi connectivity index (χ1n) is 25.1. The predicted octanol–water partition coefficient (Wildman–Crippen LogP) is 9.91. The number of fused-ring (bicyclic) bond motifs is 2. The maximum Gasteiger partial charge on any atom is 0.496 e. The van der Waals surface area contributed by atoms with Crippen molar-refractivity contribution >= 4 is 93.6 Å². The molecule has 0 aliphatic carbocycles. The van der Waals surface area contributed by atoms with Crippen molar-refractivity contribution in [2.75, 3.05) is 28.1 Å². The van der Waals surface area contributed by atoms with E-state index in [0.29, 0.717) is 9.94 Å². The van der Waals surface area contributed by atoms with Gasteiger partial charge in [0.15, 0.2) is 22.9 Å². The zero-order valence-electron chi connectivity index (χ0n) is 46.1. The van der Waals surface area contributed by atoms with Gasteiger partial charge in [-0.1, -0.05) is 13.8 Å². The molecule has 1 atom stereocenters. The van der Waals surface area contributed by atoms with Gasteiger partial charge in [-0.3, -0.25) is 24.1 Å². The molecule has 2 aromatic carbocycles. The molecule has 3 N–H and O–H groups in total. The van der Waals surface area contributed by atoms with Gasteiger partial charge in [-0.2, -0.15) is 36.5 Å². The summed E-state index contributed by atoms with van der Waals surface area (Å²) in [7, 11) is -7.43. The lowest BCUT2D eigenvalue weighted by Crippen LogP contribution is -2.41. The zero-order chi connectivity index (χ0) is 63.6. The molecule has 6 aromatic heterocycles. The molecule has 8 aromatic rings. The van der Waals surface area contributed by atoms with E-state index in [0.717, 1.165) is 49.1 Å². The number of nitrogens with zero attached hydrogens (tertiary/aromatic N) is 9. The molecule has 86 heavy (non-hydrogen) atoms. The van der Waals surface area contributed by atoms with Crippen LogP contribution in [-0.4, -0.2) is 115 Å². The summed E-state index contributed by atoms with van der Waals surface area (Å²) < 4.78 is 204. The number of benzene rings is 2. The second-order valence-electron chi connectivity index (χ2n) is 19.6. The second kappa shape index (κ2) is 25.4. The number of carbonyl (C=O) groups excluding carboxylic acids is 2. The molecular formula is C51H48BBrF10N12O9S2. The van der Waals surface area contributed by atoms with Gasteiger partial charge < -0.3 is 14.0 Å². The van der Waals surface area contributed by atoms with Crippen LogP contribution in [-0.2, 0) is 46.4 Å². The first kappa shape index (κ1) is 65.9. The number of aromatic nitrogens is 10. The van der Waals surface area contributed by atoms with E-state index in [-0.39, 0.29) is 63.2 Å². The van der Waals surface area contributed by atoms with Crippen molar-refractivity contribution in [2.24, 2.45) is 0 Å². The monoisotopic (exact) mass is 1320 g/mol. The minimum Gasteiger partial charge on any atom is -0.399 e. The molecule has 0 amide bonds. The number of pyridine rings is 2. The Kier molecular flexibility index (Phi) is 19.5. The summed E-state index contributed by atoms with van der Waals surface area (Å²) in [6, 6.07) is 6.33. The summed E-state index contributed by atoms with van der Waals surface area (Å²) in [4.78, 5) is 48.0. The van der Waals surface area contributed by atoms with Crippen LogP contribution in [0.25, 0.3) is 33.2 Å². The first-order chi connectivity index (χ1) is 40.0. The van der Waals surface area contributed by atoms with Crippen molar-refractivity contribution in [3.8, 4) is 11.1 Å². The average molecular weight is 1320 g/mol. The first-order valence-corrected chi connectivity index (χ1v) is 29.2. The smallest absolute Gasteiger partial charge is 0.399 e. The van der Waals surface area contributed by atoms with Gasteiger partial charge in [-0.15, -0.1) is 0 Å². The molecule has 7 heterocycles. The Bertz CT molecular complexity index is 4070. The van der Waals surface area contributed by atoms with Crippen molar-refractivity contribution < 1.29 is 84.4 Å². The van der Waals surface area contributed by atoms with Gasteiger partial charge in [0.05, 0.1) is 49.1 Å². The second-order valence-corrected chi connectivity index (χ2v) is 24.2. The molecule has 1 unspecified atom stereocenters. The quantitative estimate of drug-likeness (QED) is 0.0461. The summed E-state index contributed by atoms with van der Waals surface area (Å²) in [6.45, 7) is 12.5. The van der Waals surface area contributed by atoms with Gasteiger partial charge in [-0.25, -0.2) is 69.0 Å². The number of hydrogen-bond donors (Lipinski definition) is 3. The highest BCUT2D eigenvalue weighted by molar-refractivity contribution is 9.10. The number of methoxy groups -OCH3 is 1. The topological polar surface area (TPSA) is 278 Å². The molecular weight excluding hydrogens is 1270 g/mol. The number of anilines is 2. The van der Waals surface area contributed by atoms with E-state index < -0.39 is 132 Å². The number of ketones is 2. The van der Waals surface area contributed by atoms with Gasteiger partial charge in [0, 0.05) is 60.9 Å². The lowest BCUT2D eigenvalue weighted by Gasteiger charge is -2.32.